The molecule has 0 aliphatic rings. The molecular formula is C10H8N2O3. The van der Waals surface area contributed by atoms with Crippen LogP contribution in [-0.4, -0.2) is 22.0 Å². The van der Waals surface area contributed by atoms with Crippen LogP contribution in [0, 0.1) is 11.8 Å². The number of hydrogen-bond donors (Lipinski definition) is 2. The minimum atomic E-state index is -1.09. The second kappa shape index (κ2) is 4.77. The fraction of sp³-hybridized carbons (Fsp3) is 0.100. The van der Waals surface area contributed by atoms with Gasteiger partial charge in [-0.3, -0.25) is 4.79 Å². The van der Waals surface area contributed by atoms with Gasteiger partial charge in [-0.1, -0.05) is 11.8 Å². The Morgan fingerprint density at radius 2 is 2.20 bits per heavy atom. The van der Waals surface area contributed by atoms with E-state index in [9.17, 15) is 9.59 Å². The zero-order chi connectivity index (χ0) is 11.3. The van der Waals surface area contributed by atoms with E-state index in [1.807, 2.05) is 0 Å². The van der Waals surface area contributed by atoms with Crippen molar-refractivity contribution in [1.82, 2.24) is 4.98 Å². The summed E-state index contributed by atoms with van der Waals surface area (Å²) in [6.07, 6.45) is 1.30. The fourth-order valence-electron chi connectivity index (χ4n) is 0.828. The van der Waals surface area contributed by atoms with Crippen molar-refractivity contribution in [2.24, 2.45) is 5.73 Å². The molecule has 0 aliphatic heterocycles. The maximum absolute atomic E-state index is 10.5. The molecule has 0 aromatic carbocycles. The van der Waals surface area contributed by atoms with Crippen molar-refractivity contribution in [2.45, 2.75) is 6.42 Å². The molecule has 76 valence electrons. The molecule has 1 amide bonds. The third kappa shape index (κ3) is 3.48. The van der Waals surface area contributed by atoms with Crippen LogP contribution >= 0.6 is 0 Å². The second-order valence-electron chi connectivity index (χ2n) is 2.68. The highest BCUT2D eigenvalue weighted by molar-refractivity contribution is 5.85. The van der Waals surface area contributed by atoms with Gasteiger partial charge in [0.1, 0.15) is 5.69 Å². The summed E-state index contributed by atoms with van der Waals surface area (Å²) in [4.78, 5) is 24.5. The minimum Gasteiger partial charge on any atom is -0.477 e. The molecule has 0 saturated heterocycles. The summed E-state index contributed by atoms with van der Waals surface area (Å²) in [5, 5.41) is 8.56. The van der Waals surface area contributed by atoms with Gasteiger partial charge in [0.15, 0.2) is 0 Å². The number of pyridine rings is 1. The van der Waals surface area contributed by atoms with E-state index in [2.05, 4.69) is 16.8 Å². The Morgan fingerprint density at radius 3 is 2.67 bits per heavy atom. The number of amides is 1. The Labute approximate surface area is 85.9 Å². The number of hydrogen-bond acceptors (Lipinski definition) is 3. The highest BCUT2D eigenvalue weighted by atomic mass is 16.4. The summed E-state index contributed by atoms with van der Waals surface area (Å²) in [5.41, 5.74) is 5.38. The van der Waals surface area contributed by atoms with Crippen molar-refractivity contribution in [3.63, 3.8) is 0 Å². The number of aromatic nitrogens is 1. The lowest BCUT2D eigenvalue weighted by Crippen LogP contribution is -2.08. The third-order valence-corrected chi connectivity index (χ3v) is 1.48. The van der Waals surface area contributed by atoms with Crippen LogP contribution in [0.25, 0.3) is 0 Å². The molecule has 3 N–H and O–H groups in total. The van der Waals surface area contributed by atoms with Crippen LogP contribution < -0.4 is 5.73 Å². The number of nitrogens with two attached hydrogens (primary N) is 1. The van der Waals surface area contributed by atoms with E-state index < -0.39 is 11.9 Å². The molecule has 1 rings (SSSR count). The molecule has 0 saturated carbocycles. The Balaban J connectivity index is 2.75. The molecule has 5 nitrogen and oxygen atoms in total. The topological polar surface area (TPSA) is 93.3 Å². The summed E-state index contributed by atoms with van der Waals surface area (Å²) in [6.45, 7) is 0. The molecule has 0 bridgehead atoms. The lowest BCUT2D eigenvalue weighted by Gasteiger charge is -1.92. The summed E-state index contributed by atoms with van der Waals surface area (Å²) in [6, 6.07) is 2.86. The van der Waals surface area contributed by atoms with Crippen molar-refractivity contribution in [3.8, 4) is 11.8 Å². The molecule has 1 heterocycles. The van der Waals surface area contributed by atoms with Crippen molar-refractivity contribution in [3.05, 3.63) is 29.6 Å². The molecule has 5 heteroatoms. The van der Waals surface area contributed by atoms with Gasteiger partial charge in [-0.2, -0.15) is 0 Å². The van der Waals surface area contributed by atoms with Gasteiger partial charge >= 0.3 is 5.97 Å². The minimum absolute atomic E-state index is 0.0271. The SMILES string of the molecule is NC(=O)CC#Cc1ccc(C(=O)O)nc1. The number of carboxylic acid groups (broad SMARTS) is 1. The molecule has 0 atom stereocenters. The highest BCUT2D eigenvalue weighted by Crippen LogP contribution is 1.98. The van der Waals surface area contributed by atoms with Crippen molar-refractivity contribution in [2.75, 3.05) is 0 Å². The molecule has 0 radical (unpaired) electrons. The normalized spacial score (nSPS) is 8.80. The largest absolute Gasteiger partial charge is 0.477 e. The number of aromatic carboxylic acids is 1. The molecule has 1 aromatic heterocycles. The van der Waals surface area contributed by atoms with Gasteiger partial charge in [0, 0.05) is 11.8 Å². The van der Waals surface area contributed by atoms with Crippen LogP contribution in [0.2, 0.25) is 0 Å². The first-order valence-electron chi connectivity index (χ1n) is 4.06. The Kier molecular flexibility index (Phi) is 3.41. The Hall–Kier alpha value is -2.35. The average molecular weight is 204 g/mol. The molecule has 15 heavy (non-hydrogen) atoms. The van der Waals surface area contributed by atoms with E-state index in [1.54, 1.807) is 0 Å². The van der Waals surface area contributed by atoms with Crippen LogP contribution in [0.1, 0.15) is 22.5 Å². The average Bonchev–Trinajstić information content (AvgIpc) is 2.18. The van der Waals surface area contributed by atoms with E-state index in [0.717, 1.165) is 0 Å². The van der Waals surface area contributed by atoms with E-state index in [-0.39, 0.29) is 12.1 Å². The summed E-state index contributed by atoms with van der Waals surface area (Å²) in [7, 11) is 0. The lowest BCUT2D eigenvalue weighted by atomic mass is 10.2. The number of carbonyl (C=O) groups excluding carboxylic acids is 1. The Bertz CT molecular complexity index is 440. The van der Waals surface area contributed by atoms with Gasteiger partial charge in [0.05, 0.1) is 6.42 Å². The zero-order valence-electron chi connectivity index (χ0n) is 7.73. The first kappa shape index (κ1) is 10.7. The van der Waals surface area contributed by atoms with E-state index in [4.69, 9.17) is 10.8 Å². The van der Waals surface area contributed by atoms with Gasteiger partial charge < -0.3 is 10.8 Å². The highest BCUT2D eigenvalue weighted by Gasteiger charge is 2.01. The summed E-state index contributed by atoms with van der Waals surface area (Å²) in [5.74, 6) is 3.58. The quantitative estimate of drug-likeness (QED) is 0.663. The van der Waals surface area contributed by atoms with E-state index in [1.165, 1.54) is 18.3 Å². The Morgan fingerprint density at radius 1 is 1.47 bits per heavy atom. The van der Waals surface area contributed by atoms with E-state index >= 15 is 0 Å². The predicted octanol–water partition coefficient (Wildman–Crippen LogP) is 0.00670. The smallest absolute Gasteiger partial charge is 0.354 e. The van der Waals surface area contributed by atoms with Crippen molar-refractivity contribution >= 4 is 11.9 Å². The summed E-state index contributed by atoms with van der Waals surface area (Å²) >= 11 is 0. The standard InChI is InChI=1S/C10H8N2O3/c11-9(13)3-1-2-7-4-5-8(10(14)15)12-6-7/h4-6H,3H2,(H2,11,13)(H,14,15). The van der Waals surface area contributed by atoms with Crippen LogP contribution in [0.3, 0.4) is 0 Å². The maximum atomic E-state index is 10.5. The molecule has 1 aromatic rings. The number of primary amides is 1. The van der Waals surface area contributed by atoms with Crippen molar-refractivity contribution < 1.29 is 14.7 Å². The first-order valence-corrected chi connectivity index (χ1v) is 4.06. The number of nitrogens with zero attached hydrogens (tertiary/aromatic N) is 1. The molecule has 0 aliphatic carbocycles. The van der Waals surface area contributed by atoms with Gasteiger partial charge in [-0.25, -0.2) is 9.78 Å². The first-order chi connectivity index (χ1) is 7.09. The van der Waals surface area contributed by atoms with Gasteiger partial charge in [0.25, 0.3) is 0 Å². The fourth-order valence-corrected chi connectivity index (χ4v) is 0.828. The zero-order valence-corrected chi connectivity index (χ0v) is 7.73. The number of carbonyl (C=O) groups is 2. The van der Waals surface area contributed by atoms with Crippen LogP contribution in [-0.2, 0) is 4.79 Å². The number of rotatable bonds is 2. The maximum Gasteiger partial charge on any atom is 0.354 e. The molecule has 0 unspecified atom stereocenters. The lowest BCUT2D eigenvalue weighted by molar-refractivity contribution is -0.117. The van der Waals surface area contributed by atoms with Crippen LogP contribution in [0.15, 0.2) is 18.3 Å². The second-order valence-corrected chi connectivity index (χ2v) is 2.68. The van der Waals surface area contributed by atoms with Gasteiger partial charge in [-0.15, -0.1) is 0 Å². The number of carboxylic acids is 1. The van der Waals surface area contributed by atoms with Crippen molar-refractivity contribution in [1.29, 1.82) is 0 Å². The third-order valence-electron chi connectivity index (χ3n) is 1.48. The van der Waals surface area contributed by atoms with Gasteiger partial charge in [0.2, 0.25) is 5.91 Å². The summed E-state index contributed by atoms with van der Waals surface area (Å²) < 4.78 is 0. The molecule has 0 fully saturated rings. The van der Waals surface area contributed by atoms with Crippen LogP contribution in [0.5, 0.6) is 0 Å². The monoisotopic (exact) mass is 204 g/mol. The molecule has 0 spiro atoms. The van der Waals surface area contributed by atoms with Crippen LogP contribution in [0.4, 0.5) is 0 Å². The van der Waals surface area contributed by atoms with Gasteiger partial charge in [-0.05, 0) is 12.1 Å². The molecular weight excluding hydrogens is 196 g/mol. The predicted molar refractivity (Wildman–Crippen MR) is 51.9 cm³/mol. The van der Waals surface area contributed by atoms with E-state index in [0.29, 0.717) is 5.56 Å².